The summed E-state index contributed by atoms with van der Waals surface area (Å²) in [7, 11) is 3.93. The van der Waals surface area contributed by atoms with Gasteiger partial charge < -0.3 is 14.9 Å². The van der Waals surface area contributed by atoms with E-state index in [1.165, 1.54) is 11.3 Å². The average Bonchev–Trinajstić information content (AvgIpc) is 3.44. The molecule has 0 saturated carbocycles. The number of hydrogen-bond donors (Lipinski definition) is 1. The fraction of sp³-hybridized carbons (Fsp3) is 0.269. The summed E-state index contributed by atoms with van der Waals surface area (Å²) in [6.07, 6.45) is 0.704. The van der Waals surface area contributed by atoms with Crippen LogP contribution in [0.15, 0.2) is 59.9 Å². The van der Waals surface area contributed by atoms with Crippen LogP contribution in [0.1, 0.15) is 33.4 Å². The number of nitrogens with zero attached hydrogens (tertiary/aromatic N) is 4. The van der Waals surface area contributed by atoms with Crippen LogP contribution in [-0.4, -0.2) is 63.2 Å². The van der Waals surface area contributed by atoms with Crippen LogP contribution in [0.2, 0.25) is 5.02 Å². The van der Waals surface area contributed by atoms with Gasteiger partial charge in [-0.1, -0.05) is 47.2 Å². The van der Waals surface area contributed by atoms with E-state index in [-0.39, 0.29) is 11.4 Å². The molecule has 180 valence electrons. The summed E-state index contributed by atoms with van der Waals surface area (Å²) in [5.74, 6) is -1.38. The Hall–Kier alpha value is -3.20. The number of amides is 1. The number of aromatic nitrogens is 2. The second-order valence-corrected chi connectivity index (χ2v) is 10.3. The average molecular weight is 509 g/mol. The number of rotatable bonds is 7. The molecule has 0 radical (unpaired) electrons. The third-order valence-electron chi connectivity index (χ3n) is 6.33. The molecular weight excluding hydrogens is 484 g/mol. The van der Waals surface area contributed by atoms with Crippen LogP contribution in [0.4, 0.5) is 0 Å². The minimum absolute atomic E-state index is 0.0964. The van der Waals surface area contributed by atoms with Gasteiger partial charge in [-0.15, -0.1) is 0 Å². The third-order valence-corrected chi connectivity index (χ3v) is 7.73. The molecule has 1 aliphatic heterocycles. The van der Waals surface area contributed by atoms with E-state index < -0.39 is 17.7 Å². The van der Waals surface area contributed by atoms with Gasteiger partial charge in [0.1, 0.15) is 0 Å². The van der Waals surface area contributed by atoms with Gasteiger partial charge in [0, 0.05) is 17.3 Å². The minimum atomic E-state index is -0.694. The van der Waals surface area contributed by atoms with Crippen molar-refractivity contribution < 1.29 is 14.7 Å². The number of fused-ring (bicyclic) bond motifs is 3. The van der Waals surface area contributed by atoms with Crippen molar-refractivity contribution in [1.82, 2.24) is 19.2 Å². The SMILES string of the molecule is Cc1c(C(=O)C2=C(O)C(=O)N(CCCN(C)C)C2c2ccc(Cl)cc2)sc2nc3ccccc3n12. The quantitative estimate of drug-likeness (QED) is 0.354. The fourth-order valence-corrected chi connectivity index (χ4v) is 5.88. The monoisotopic (exact) mass is 508 g/mol. The third kappa shape index (κ3) is 4.01. The summed E-state index contributed by atoms with van der Waals surface area (Å²) in [5, 5.41) is 11.5. The van der Waals surface area contributed by atoms with E-state index in [0.717, 1.165) is 28.8 Å². The lowest BCUT2D eigenvalue weighted by molar-refractivity contribution is -0.129. The van der Waals surface area contributed by atoms with Gasteiger partial charge in [-0.2, -0.15) is 0 Å². The molecule has 1 amide bonds. The van der Waals surface area contributed by atoms with Crippen molar-refractivity contribution in [1.29, 1.82) is 0 Å². The van der Waals surface area contributed by atoms with Crippen molar-refractivity contribution >= 4 is 50.6 Å². The lowest BCUT2D eigenvalue weighted by Crippen LogP contribution is -2.33. The van der Waals surface area contributed by atoms with Gasteiger partial charge in [0.15, 0.2) is 10.7 Å². The zero-order valence-electron chi connectivity index (χ0n) is 19.7. The number of carbonyl (C=O) groups excluding carboxylic acids is 2. The Morgan fingerprint density at radius 2 is 1.89 bits per heavy atom. The van der Waals surface area contributed by atoms with Crippen molar-refractivity contribution in [2.75, 3.05) is 27.2 Å². The molecule has 0 bridgehead atoms. The Kier molecular flexibility index (Phi) is 6.13. The molecule has 0 aliphatic carbocycles. The van der Waals surface area contributed by atoms with Crippen LogP contribution in [0, 0.1) is 6.92 Å². The van der Waals surface area contributed by atoms with Crippen LogP contribution in [0.5, 0.6) is 0 Å². The number of benzene rings is 2. The number of aliphatic hydroxyl groups excluding tert-OH is 1. The topological polar surface area (TPSA) is 78.2 Å². The van der Waals surface area contributed by atoms with Crippen molar-refractivity contribution in [2.45, 2.75) is 19.4 Å². The molecule has 2 aromatic carbocycles. The van der Waals surface area contributed by atoms with Crippen molar-refractivity contribution in [3.05, 3.63) is 81.0 Å². The highest BCUT2D eigenvalue weighted by molar-refractivity contribution is 7.19. The van der Waals surface area contributed by atoms with E-state index in [9.17, 15) is 14.7 Å². The number of hydrogen-bond acceptors (Lipinski definition) is 6. The second-order valence-electron chi connectivity index (χ2n) is 8.94. The highest BCUT2D eigenvalue weighted by Crippen LogP contribution is 2.41. The standard InChI is InChI=1S/C26H25ClN4O3S/c1-15-24(35-26-28-18-7-4-5-8-19(18)31(15)26)22(32)20-21(16-9-11-17(27)12-10-16)30(25(34)23(20)33)14-6-13-29(2)3/h4-5,7-12,21,33H,6,13-14H2,1-3H3. The van der Waals surface area contributed by atoms with E-state index in [4.69, 9.17) is 11.6 Å². The molecular formula is C26H25ClN4O3S. The molecule has 0 fully saturated rings. The number of thiazole rings is 1. The number of ketones is 1. The molecule has 35 heavy (non-hydrogen) atoms. The summed E-state index contributed by atoms with van der Waals surface area (Å²) in [6, 6.07) is 14.1. The van der Waals surface area contributed by atoms with Gasteiger partial charge >= 0.3 is 0 Å². The molecule has 3 heterocycles. The predicted octanol–water partition coefficient (Wildman–Crippen LogP) is 5.04. The molecule has 1 N–H and O–H groups in total. The molecule has 7 nitrogen and oxygen atoms in total. The van der Waals surface area contributed by atoms with E-state index in [1.54, 1.807) is 29.2 Å². The van der Waals surface area contributed by atoms with Crippen LogP contribution in [-0.2, 0) is 4.79 Å². The normalized spacial score (nSPS) is 16.4. The minimum Gasteiger partial charge on any atom is -0.503 e. The van der Waals surface area contributed by atoms with E-state index in [2.05, 4.69) is 4.98 Å². The zero-order chi connectivity index (χ0) is 24.9. The summed E-state index contributed by atoms with van der Waals surface area (Å²) in [6.45, 7) is 3.05. The molecule has 0 spiro atoms. The number of carbonyl (C=O) groups is 2. The van der Waals surface area contributed by atoms with Gasteiger partial charge in [0.25, 0.3) is 5.91 Å². The maximum atomic E-state index is 13.9. The number of aryl methyl sites for hydroxylation is 1. The highest BCUT2D eigenvalue weighted by atomic mass is 35.5. The Morgan fingerprint density at radius 1 is 1.17 bits per heavy atom. The van der Waals surface area contributed by atoms with Crippen molar-refractivity contribution in [3.63, 3.8) is 0 Å². The highest BCUT2D eigenvalue weighted by Gasteiger charge is 2.44. The van der Waals surface area contributed by atoms with Gasteiger partial charge in [0.05, 0.1) is 27.5 Å². The summed E-state index contributed by atoms with van der Waals surface area (Å²) in [4.78, 5) is 36.5. The molecule has 1 aliphatic rings. The van der Waals surface area contributed by atoms with Crippen molar-refractivity contribution in [2.24, 2.45) is 0 Å². The first-order valence-electron chi connectivity index (χ1n) is 11.3. The van der Waals surface area contributed by atoms with Gasteiger partial charge in [-0.3, -0.25) is 14.0 Å². The number of Topliss-reactive ketones (excluding diaryl/α,β-unsaturated/α-hetero) is 1. The molecule has 5 rings (SSSR count). The predicted molar refractivity (Wildman–Crippen MR) is 138 cm³/mol. The van der Waals surface area contributed by atoms with E-state index >= 15 is 0 Å². The lowest BCUT2D eigenvalue weighted by Gasteiger charge is -2.27. The first kappa shape index (κ1) is 23.5. The molecule has 9 heteroatoms. The van der Waals surface area contributed by atoms with Crippen LogP contribution < -0.4 is 0 Å². The lowest BCUT2D eigenvalue weighted by atomic mass is 9.95. The summed E-state index contributed by atoms with van der Waals surface area (Å²) in [5.41, 5.74) is 3.32. The largest absolute Gasteiger partial charge is 0.503 e. The second kappa shape index (κ2) is 9.11. The first-order valence-corrected chi connectivity index (χ1v) is 12.5. The molecule has 2 aromatic heterocycles. The molecule has 1 unspecified atom stereocenters. The van der Waals surface area contributed by atoms with Gasteiger partial charge in [-0.25, -0.2) is 4.98 Å². The van der Waals surface area contributed by atoms with Crippen LogP contribution in [0.25, 0.3) is 16.0 Å². The van der Waals surface area contributed by atoms with E-state index in [1.807, 2.05) is 54.6 Å². The smallest absolute Gasteiger partial charge is 0.290 e. The summed E-state index contributed by atoms with van der Waals surface area (Å²) >= 11 is 7.37. The number of halogens is 1. The van der Waals surface area contributed by atoms with Crippen LogP contribution >= 0.6 is 22.9 Å². The zero-order valence-corrected chi connectivity index (χ0v) is 21.2. The molecule has 1 atom stereocenters. The van der Waals surface area contributed by atoms with Crippen molar-refractivity contribution in [3.8, 4) is 0 Å². The number of imidazole rings is 1. The van der Waals surface area contributed by atoms with Crippen LogP contribution in [0.3, 0.4) is 0 Å². The Labute approximate surface area is 211 Å². The Balaban J connectivity index is 1.59. The van der Waals surface area contributed by atoms with E-state index in [0.29, 0.717) is 27.8 Å². The van der Waals surface area contributed by atoms with Gasteiger partial charge in [-0.05, 0) is 63.8 Å². The maximum absolute atomic E-state index is 13.9. The number of para-hydroxylation sites is 2. The van der Waals surface area contributed by atoms with Gasteiger partial charge in [0.2, 0.25) is 5.78 Å². The Bertz CT molecular complexity index is 1490. The molecule has 4 aromatic rings. The fourth-order valence-electron chi connectivity index (χ4n) is 4.66. The first-order chi connectivity index (χ1) is 16.8. The molecule has 0 saturated heterocycles. The number of aliphatic hydroxyl groups is 1. The maximum Gasteiger partial charge on any atom is 0.290 e. The summed E-state index contributed by atoms with van der Waals surface area (Å²) < 4.78 is 1.95. The Morgan fingerprint density at radius 3 is 2.60 bits per heavy atom.